The fourth-order valence-electron chi connectivity index (χ4n) is 0.836. The highest BCUT2D eigenvalue weighted by molar-refractivity contribution is 4.71. The first-order valence-electron chi connectivity index (χ1n) is 3.65. The smallest absolute Gasteiger partial charge is 0.163 e. The summed E-state index contributed by atoms with van der Waals surface area (Å²) < 4.78 is 10.3. The molecule has 0 aromatic rings. The maximum atomic E-state index is 9.13. The lowest BCUT2D eigenvalue weighted by atomic mass is 10.2. The number of hydrogen-bond acceptors (Lipinski definition) is 4. The molecule has 1 heterocycles. The second-order valence-electron chi connectivity index (χ2n) is 3.16. The summed E-state index contributed by atoms with van der Waals surface area (Å²) in [6.07, 6.45) is -1.67. The van der Waals surface area contributed by atoms with Gasteiger partial charge in [0, 0.05) is 0 Å². The van der Waals surface area contributed by atoms with Crippen LogP contribution in [0.15, 0.2) is 0 Å². The molecule has 0 amide bonds. The molecule has 0 aliphatic carbocycles. The van der Waals surface area contributed by atoms with Crippen LogP contribution in [-0.2, 0) is 9.47 Å². The van der Waals surface area contributed by atoms with Gasteiger partial charge < -0.3 is 19.7 Å². The van der Waals surface area contributed by atoms with Gasteiger partial charge in [-0.1, -0.05) is 0 Å². The molecule has 0 bridgehead atoms. The van der Waals surface area contributed by atoms with Crippen LogP contribution in [0, 0.1) is 0 Å². The standard InChI is InChI=1S/C7H14O4/c1-7(2)10-3-5(8)6(9)4-11-7/h5-6,8-9H,3-4H2,1-2H3. The number of ether oxygens (including phenoxy) is 2. The van der Waals surface area contributed by atoms with Gasteiger partial charge in [-0.15, -0.1) is 0 Å². The van der Waals surface area contributed by atoms with E-state index in [0.29, 0.717) is 0 Å². The largest absolute Gasteiger partial charge is 0.388 e. The number of aliphatic hydroxyl groups excluding tert-OH is 2. The van der Waals surface area contributed by atoms with Gasteiger partial charge in [0.1, 0.15) is 12.2 Å². The summed E-state index contributed by atoms with van der Waals surface area (Å²) in [5.41, 5.74) is 0. The number of aliphatic hydroxyl groups is 2. The summed E-state index contributed by atoms with van der Waals surface area (Å²) >= 11 is 0. The molecule has 1 saturated heterocycles. The minimum Gasteiger partial charge on any atom is -0.388 e. The predicted molar refractivity (Wildman–Crippen MR) is 38.0 cm³/mol. The molecule has 1 aliphatic heterocycles. The normalized spacial score (nSPS) is 38.2. The molecule has 1 aliphatic rings. The van der Waals surface area contributed by atoms with Gasteiger partial charge in [-0.25, -0.2) is 0 Å². The van der Waals surface area contributed by atoms with Crippen LogP contribution >= 0.6 is 0 Å². The van der Waals surface area contributed by atoms with Crippen molar-refractivity contribution in [3.8, 4) is 0 Å². The van der Waals surface area contributed by atoms with Crippen LogP contribution in [-0.4, -0.2) is 41.4 Å². The molecule has 0 aromatic heterocycles. The highest BCUT2D eigenvalue weighted by atomic mass is 16.7. The number of hydrogen-bond donors (Lipinski definition) is 2. The minimum atomic E-state index is -0.836. The zero-order valence-electron chi connectivity index (χ0n) is 6.78. The van der Waals surface area contributed by atoms with E-state index in [1.54, 1.807) is 13.8 Å². The van der Waals surface area contributed by atoms with Gasteiger partial charge in [0.05, 0.1) is 13.2 Å². The van der Waals surface area contributed by atoms with Gasteiger partial charge >= 0.3 is 0 Å². The molecule has 2 unspecified atom stereocenters. The maximum absolute atomic E-state index is 9.13. The first kappa shape index (κ1) is 8.93. The average Bonchev–Trinajstić information content (AvgIpc) is 2.03. The second-order valence-corrected chi connectivity index (χ2v) is 3.16. The lowest BCUT2D eigenvalue weighted by molar-refractivity contribution is -0.205. The van der Waals surface area contributed by atoms with E-state index in [4.69, 9.17) is 19.7 Å². The molecule has 11 heavy (non-hydrogen) atoms. The third kappa shape index (κ3) is 2.41. The van der Waals surface area contributed by atoms with Crippen LogP contribution in [0.2, 0.25) is 0 Å². The van der Waals surface area contributed by atoms with Crippen molar-refractivity contribution in [3.63, 3.8) is 0 Å². The van der Waals surface area contributed by atoms with Crippen molar-refractivity contribution < 1.29 is 19.7 Å². The van der Waals surface area contributed by atoms with Crippen molar-refractivity contribution in [1.82, 2.24) is 0 Å². The van der Waals surface area contributed by atoms with Crippen molar-refractivity contribution in [2.75, 3.05) is 13.2 Å². The Morgan fingerprint density at radius 3 is 1.82 bits per heavy atom. The van der Waals surface area contributed by atoms with Crippen LogP contribution in [0.5, 0.6) is 0 Å². The molecular weight excluding hydrogens is 148 g/mol. The molecule has 0 spiro atoms. The minimum absolute atomic E-state index is 0.119. The fraction of sp³-hybridized carbons (Fsp3) is 1.00. The molecule has 4 nitrogen and oxygen atoms in total. The molecule has 4 heteroatoms. The van der Waals surface area contributed by atoms with Gasteiger partial charge in [0.25, 0.3) is 0 Å². The molecule has 0 saturated carbocycles. The van der Waals surface area contributed by atoms with Crippen LogP contribution < -0.4 is 0 Å². The van der Waals surface area contributed by atoms with E-state index in [0.717, 1.165) is 0 Å². The number of rotatable bonds is 0. The first-order valence-corrected chi connectivity index (χ1v) is 3.65. The molecular formula is C7H14O4. The molecule has 1 rings (SSSR count). The Balaban J connectivity index is 2.51. The first-order chi connectivity index (χ1) is 5.01. The third-order valence-electron chi connectivity index (χ3n) is 1.65. The van der Waals surface area contributed by atoms with E-state index >= 15 is 0 Å². The topological polar surface area (TPSA) is 58.9 Å². The Morgan fingerprint density at radius 1 is 1.09 bits per heavy atom. The Kier molecular flexibility index (Phi) is 2.49. The van der Waals surface area contributed by atoms with Gasteiger partial charge in [-0.2, -0.15) is 0 Å². The third-order valence-corrected chi connectivity index (χ3v) is 1.65. The highest BCUT2D eigenvalue weighted by Gasteiger charge is 2.29. The maximum Gasteiger partial charge on any atom is 0.163 e. The highest BCUT2D eigenvalue weighted by Crippen LogP contribution is 2.16. The lowest BCUT2D eigenvalue weighted by Gasteiger charge is -2.22. The van der Waals surface area contributed by atoms with Crippen molar-refractivity contribution in [2.24, 2.45) is 0 Å². The Hall–Kier alpha value is -0.160. The fourth-order valence-corrected chi connectivity index (χ4v) is 0.836. The van der Waals surface area contributed by atoms with E-state index in [-0.39, 0.29) is 13.2 Å². The Labute approximate surface area is 65.7 Å². The monoisotopic (exact) mass is 162 g/mol. The zero-order chi connectivity index (χ0) is 8.48. The van der Waals surface area contributed by atoms with Crippen molar-refractivity contribution >= 4 is 0 Å². The molecule has 1 fully saturated rings. The van der Waals surface area contributed by atoms with Crippen LogP contribution in [0.25, 0.3) is 0 Å². The summed E-state index contributed by atoms with van der Waals surface area (Å²) in [7, 11) is 0. The van der Waals surface area contributed by atoms with Crippen LogP contribution in [0.3, 0.4) is 0 Å². The van der Waals surface area contributed by atoms with Gasteiger partial charge in [-0.3, -0.25) is 0 Å². The average molecular weight is 162 g/mol. The summed E-state index contributed by atoms with van der Waals surface area (Å²) in [5, 5.41) is 18.3. The van der Waals surface area contributed by atoms with Crippen molar-refractivity contribution in [3.05, 3.63) is 0 Å². The Bertz CT molecular complexity index is 120. The lowest BCUT2D eigenvalue weighted by Crippen LogP contribution is -2.30. The van der Waals surface area contributed by atoms with E-state index in [9.17, 15) is 0 Å². The van der Waals surface area contributed by atoms with Crippen LogP contribution in [0.4, 0.5) is 0 Å². The quantitative estimate of drug-likeness (QED) is 0.503. The Morgan fingerprint density at radius 2 is 1.45 bits per heavy atom. The van der Waals surface area contributed by atoms with E-state index in [1.165, 1.54) is 0 Å². The summed E-state index contributed by atoms with van der Waals surface area (Å²) in [5.74, 6) is -0.696. The van der Waals surface area contributed by atoms with Gasteiger partial charge in [0.2, 0.25) is 0 Å². The van der Waals surface area contributed by atoms with Crippen molar-refractivity contribution in [1.29, 1.82) is 0 Å². The summed E-state index contributed by atoms with van der Waals surface area (Å²) in [6, 6.07) is 0. The summed E-state index contributed by atoms with van der Waals surface area (Å²) in [6.45, 7) is 3.73. The molecule has 0 aromatic carbocycles. The van der Waals surface area contributed by atoms with Crippen molar-refractivity contribution in [2.45, 2.75) is 31.8 Å². The van der Waals surface area contributed by atoms with E-state index in [1.807, 2.05) is 0 Å². The SMILES string of the molecule is CC1(C)OCC(O)C(O)CO1. The zero-order valence-corrected chi connectivity index (χ0v) is 6.78. The summed E-state index contributed by atoms with van der Waals surface area (Å²) in [4.78, 5) is 0. The van der Waals surface area contributed by atoms with Gasteiger partial charge in [0.15, 0.2) is 5.79 Å². The van der Waals surface area contributed by atoms with E-state index in [2.05, 4.69) is 0 Å². The molecule has 0 radical (unpaired) electrons. The van der Waals surface area contributed by atoms with Gasteiger partial charge in [-0.05, 0) is 13.8 Å². The second kappa shape index (κ2) is 3.06. The molecule has 66 valence electrons. The van der Waals surface area contributed by atoms with E-state index < -0.39 is 18.0 Å². The molecule has 2 atom stereocenters. The van der Waals surface area contributed by atoms with Crippen LogP contribution in [0.1, 0.15) is 13.8 Å². The predicted octanol–water partition coefficient (Wildman–Crippen LogP) is -0.509. The molecule has 2 N–H and O–H groups in total.